The van der Waals surface area contributed by atoms with Gasteiger partial charge < -0.3 is 5.11 Å². The Morgan fingerprint density at radius 2 is 1.74 bits per heavy atom. The lowest BCUT2D eigenvalue weighted by Crippen LogP contribution is -2.00. The van der Waals surface area contributed by atoms with E-state index in [1.807, 2.05) is 0 Å². The van der Waals surface area contributed by atoms with Crippen LogP contribution in [0.15, 0.2) is 48.5 Å². The lowest BCUT2D eigenvalue weighted by Gasteiger charge is -2.03. The van der Waals surface area contributed by atoms with E-state index in [1.165, 1.54) is 12.1 Å². The van der Waals surface area contributed by atoms with E-state index in [1.54, 1.807) is 30.3 Å². The van der Waals surface area contributed by atoms with Crippen molar-refractivity contribution in [3.8, 4) is 0 Å². The normalized spacial score (nSPS) is 11.4. The van der Waals surface area contributed by atoms with E-state index < -0.39 is 17.6 Å². The van der Waals surface area contributed by atoms with Gasteiger partial charge in [0.1, 0.15) is 11.6 Å². The van der Waals surface area contributed by atoms with Crippen molar-refractivity contribution in [1.82, 2.24) is 0 Å². The predicted molar refractivity (Wildman–Crippen MR) is 68.3 cm³/mol. The number of hydrogen-bond acceptors (Lipinski definition) is 1. The number of carboxylic acid groups (broad SMARTS) is 1. The molecule has 0 atom stereocenters. The highest BCUT2D eigenvalue weighted by Gasteiger charge is 2.11. The average molecular weight is 260 g/mol. The summed E-state index contributed by atoms with van der Waals surface area (Å²) in [6.07, 6.45) is 1.19. The summed E-state index contributed by atoms with van der Waals surface area (Å²) in [5.41, 5.74) is 0.437. The zero-order valence-electron chi connectivity index (χ0n) is 9.81. The minimum Gasteiger partial charge on any atom is -0.478 e. The van der Waals surface area contributed by atoms with Crippen LogP contribution in [-0.4, -0.2) is 11.1 Å². The van der Waals surface area contributed by atoms with E-state index in [-0.39, 0.29) is 11.1 Å². The molecular formula is C15H10F2O2. The molecule has 0 fully saturated rings. The first-order valence-electron chi connectivity index (χ1n) is 5.53. The summed E-state index contributed by atoms with van der Waals surface area (Å²) in [7, 11) is 0. The van der Waals surface area contributed by atoms with Gasteiger partial charge in [-0.25, -0.2) is 13.6 Å². The molecule has 96 valence electrons. The summed E-state index contributed by atoms with van der Waals surface area (Å²) in [6, 6.07) is 11.4. The molecule has 0 aliphatic rings. The molecule has 0 aliphatic carbocycles. The Morgan fingerprint density at radius 3 is 2.32 bits per heavy atom. The van der Waals surface area contributed by atoms with Crippen LogP contribution in [0, 0.1) is 11.6 Å². The molecule has 2 aromatic carbocycles. The number of hydrogen-bond donors (Lipinski definition) is 1. The molecule has 0 aliphatic heterocycles. The fourth-order valence-electron chi connectivity index (χ4n) is 1.66. The summed E-state index contributed by atoms with van der Waals surface area (Å²) < 4.78 is 26.3. The number of carbonyl (C=O) groups is 1. The van der Waals surface area contributed by atoms with Crippen molar-refractivity contribution in [2.75, 3.05) is 0 Å². The minimum atomic E-state index is -1.17. The van der Waals surface area contributed by atoms with Gasteiger partial charge in [0.2, 0.25) is 0 Å². The molecule has 0 heterocycles. The molecule has 1 N–H and O–H groups in total. The number of carboxylic acids is 1. The van der Waals surface area contributed by atoms with Crippen molar-refractivity contribution in [2.45, 2.75) is 0 Å². The fourth-order valence-corrected chi connectivity index (χ4v) is 1.66. The third kappa shape index (κ3) is 3.04. The maximum atomic E-state index is 13.5. The quantitative estimate of drug-likeness (QED) is 0.676. The third-order valence-electron chi connectivity index (χ3n) is 2.58. The van der Waals surface area contributed by atoms with E-state index in [0.717, 1.165) is 12.1 Å². The molecule has 0 saturated carbocycles. The van der Waals surface area contributed by atoms with Crippen molar-refractivity contribution in [1.29, 1.82) is 0 Å². The van der Waals surface area contributed by atoms with Crippen LogP contribution in [0.3, 0.4) is 0 Å². The Morgan fingerprint density at radius 1 is 1.05 bits per heavy atom. The molecule has 2 nitrogen and oxygen atoms in total. The standard InChI is InChI=1S/C15H10F2O2/c16-12-7-6-11(14(17)9-12)8-13(15(18)19)10-4-2-1-3-5-10/h1-9H,(H,18,19)/b13-8-. The number of benzene rings is 2. The fraction of sp³-hybridized carbons (Fsp3) is 0. The molecule has 2 aromatic rings. The van der Waals surface area contributed by atoms with E-state index in [2.05, 4.69) is 0 Å². The number of halogens is 2. The summed E-state index contributed by atoms with van der Waals surface area (Å²) >= 11 is 0. The van der Waals surface area contributed by atoms with Crippen LogP contribution in [-0.2, 0) is 4.79 Å². The summed E-state index contributed by atoms with van der Waals surface area (Å²) in [5.74, 6) is -2.67. The molecule has 0 radical (unpaired) electrons. The smallest absolute Gasteiger partial charge is 0.336 e. The SMILES string of the molecule is O=C(O)/C(=C\c1ccc(F)cc1F)c1ccccc1. The van der Waals surface area contributed by atoms with E-state index in [9.17, 15) is 13.6 Å². The van der Waals surface area contributed by atoms with Crippen LogP contribution < -0.4 is 0 Å². The molecule has 0 amide bonds. The third-order valence-corrected chi connectivity index (χ3v) is 2.58. The Kier molecular flexibility index (Phi) is 3.71. The van der Waals surface area contributed by atoms with Gasteiger partial charge in [0.15, 0.2) is 0 Å². The van der Waals surface area contributed by atoms with E-state index in [4.69, 9.17) is 5.11 Å². The van der Waals surface area contributed by atoms with Crippen LogP contribution in [0.4, 0.5) is 8.78 Å². The van der Waals surface area contributed by atoms with Gasteiger partial charge in [0, 0.05) is 11.6 Å². The zero-order valence-corrected chi connectivity index (χ0v) is 9.81. The van der Waals surface area contributed by atoms with Crippen molar-refractivity contribution in [3.05, 3.63) is 71.3 Å². The lowest BCUT2D eigenvalue weighted by atomic mass is 10.0. The van der Waals surface area contributed by atoms with Gasteiger partial charge in [-0.3, -0.25) is 0 Å². The van der Waals surface area contributed by atoms with Gasteiger partial charge >= 0.3 is 5.97 Å². The Hall–Kier alpha value is -2.49. The van der Waals surface area contributed by atoms with Crippen LogP contribution in [0.5, 0.6) is 0 Å². The average Bonchev–Trinajstić information content (AvgIpc) is 2.38. The summed E-state index contributed by atoms with van der Waals surface area (Å²) in [5, 5.41) is 9.17. The van der Waals surface area contributed by atoms with Crippen molar-refractivity contribution in [2.24, 2.45) is 0 Å². The van der Waals surface area contributed by atoms with E-state index in [0.29, 0.717) is 5.56 Å². The minimum absolute atomic E-state index is 0.0302. The molecule has 4 heteroatoms. The topological polar surface area (TPSA) is 37.3 Å². The second-order valence-corrected chi connectivity index (χ2v) is 3.90. The summed E-state index contributed by atoms with van der Waals surface area (Å²) in [4.78, 5) is 11.2. The predicted octanol–water partition coefficient (Wildman–Crippen LogP) is 3.59. The molecule has 0 unspecified atom stereocenters. The Bertz CT molecular complexity index is 634. The second-order valence-electron chi connectivity index (χ2n) is 3.90. The van der Waals surface area contributed by atoms with Crippen molar-refractivity contribution < 1.29 is 18.7 Å². The first-order chi connectivity index (χ1) is 9.08. The van der Waals surface area contributed by atoms with Gasteiger partial charge in [-0.05, 0) is 23.8 Å². The molecular weight excluding hydrogens is 250 g/mol. The highest BCUT2D eigenvalue weighted by Crippen LogP contribution is 2.20. The van der Waals surface area contributed by atoms with Gasteiger partial charge in [0.05, 0.1) is 5.57 Å². The van der Waals surface area contributed by atoms with Crippen LogP contribution in [0.25, 0.3) is 11.6 Å². The number of rotatable bonds is 3. The van der Waals surface area contributed by atoms with Crippen molar-refractivity contribution >= 4 is 17.6 Å². The van der Waals surface area contributed by atoms with Gasteiger partial charge in [-0.1, -0.05) is 30.3 Å². The Balaban J connectivity index is 2.51. The highest BCUT2D eigenvalue weighted by molar-refractivity contribution is 6.20. The van der Waals surface area contributed by atoms with Gasteiger partial charge in [-0.15, -0.1) is 0 Å². The Labute approximate surface area is 108 Å². The second kappa shape index (κ2) is 5.44. The molecule has 2 rings (SSSR count). The van der Waals surface area contributed by atoms with Crippen molar-refractivity contribution in [3.63, 3.8) is 0 Å². The maximum absolute atomic E-state index is 13.5. The highest BCUT2D eigenvalue weighted by atomic mass is 19.1. The van der Waals surface area contributed by atoms with Crippen LogP contribution in [0.1, 0.15) is 11.1 Å². The molecule has 0 spiro atoms. The molecule has 0 aromatic heterocycles. The number of aliphatic carboxylic acids is 1. The molecule has 19 heavy (non-hydrogen) atoms. The zero-order chi connectivity index (χ0) is 13.8. The lowest BCUT2D eigenvalue weighted by molar-refractivity contribution is -0.130. The van der Waals surface area contributed by atoms with Gasteiger partial charge in [-0.2, -0.15) is 0 Å². The summed E-state index contributed by atoms with van der Waals surface area (Å²) in [6.45, 7) is 0. The molecule has 0 bridgehead atoms. The first kappa shape index (κ1) is 13.0. The monoisotopic (exact) mass is 260 g/mol. The molecule has 0 saturated heterocycles. The van der Waals surface area contributed by atoms with Crippen LogP contribution in [0.2, 0.25) is 0 Å². The van der Waals surface area contributed by atoms with Gasteiger partial charge in [0.25, 0.3) is 0 Å². The van der Waals surface area contributed by atoms with Crippen LogP contribution >= 0.6 is 0 Å². The largest absolute Gasteiger partial charge is 0.478 e. The maximum Gasteiger partial charge on any atom is 0.336 e. The van der Waals surface area contributed by atoms with E-state index >= 15 is 0 Å². The first-order valence-corrected chi connectivity index (χ1v) is 5.53.